The summed E-state index contributed by atoms with van der Waals surface area (Å²) in [5.41, 5.74) is 0. The second kappa shape index (κ2) is 8.19. The maximum atomic E-state index is 11.8. The summed E-state index contributed by atoms with van der Waals surface area (Å²) in [5.74, 6) is -1.48. The highest BCUT2D eigenvalue weighted by atomic mass is 33.1. The Morgan fingerprint density at radius 2 is 2.09 bits per heavy atom. The molecule has 6 nitrogen and oxygen atoms in total. The maximum Gasteiger partial charge on any atom is 0.334 e. The number of hydrogen-bond donors (Lipinski definition) is 0. The van der Waals surface area contributed by atoms with Crippen LogP contribution in [0.2, 0.25) is 0 Å². The number of amides is 2. The van der Waals surface area contributed by atoms with E-state index >= 15 is 0 Å². The van der Waals surface area contributed by atoms with Gasteiger partial charge in [0.05, 0.1) is 6.42 Å². The highest BCUT2D eigenvalue weighted by molar-refractivity contribution is 8.76. The molecule has 1 aromatic heterocycles. The summed E-state index contributed by atoms with van der Waals surface area (Å²) in [6, 6.07) is 5.61. The summed E-state index contributed by atoms with van der Waals surface area (Å²) >= 11 is 0. The Hall–Kier alpha value is -1.54. The molecule has 0 radical (unpaired) electrons. The molecule has 1 atom stereocenters. The lowest BCUT2D eigenvalue weighted by Crippen LogP contribution is -2.41. The molecule has 22 heavy (non-hydrogen) atoms. The number of hydroxylamine groups is 2. The van der Waals surface area contributed by atoms with Crippen LogP contribution in [0, 0.1) is 0 Å². The first-order chi connectivity index (χ1) is 10.6. The van der Waals surface area contributed by atoms with Crippen molar-refractivity contribution in [1.29, 1.82) is 0 Å². The SMILES string of the molecule is CC(CC(=O)ON1C(=O)CCCC1=O)SSc1ccccn1. The summed E-state index contributed by atoms with van der Waals surface area (Å²) in [7, 11) is 2.95. The van der Waals surface area contributed by atoms with Gasteiger partial charge in [-0.05, 0) is 29.3 Å². The Labute approximate surface area is 136 Å². The van der Waals surface area contributed by atoms with Crippen LogP contribution in [0.3, 0.4) is 0 Å². The lowest BCUT2D eigenvalue weighted by Gasteiger charge is -2.23. The van der Waals surface area contributed by atoms with Crippen molar-refractivity contribution < 1.29 is 19.2 Å². The number of aromatic nitrogens is 1. The third-order valence-corrected chi connectivity index (χ3v) is 5.61. The fraction of sp³-hybridized carbons (Fsp3) is 0.429. The summed E-state index contributed by atoms with van der Waals surface area (Å²) in [4.78, 5) is 44.0. The Balaban J connectivity index is 1.76. The van der Waals surface area contributed by atoms with Crippen LogP contribution in [-0.4, -0.2) is 33.1 Å². The van der Waals surface area contributed by atoms with E-state index in [-0.39, 0.29) is 24.5 Å². The van der Waals surface area contributed by atoms with Gasteiger partial charge in [0, 0.05) is 24.3 Å². The molecule has 8 heteroatoms. The van der Waals surface area contributed by atoms with Crippen molar-refractivity contribution in [3.63, 3.8) is 0 Å². The Kier molecular flexibility index (Phi) is 6.26. The average molecular weight is 340 g/mol. The summed E-state index contributed by atoms with van der Waals surface area (Å²) in [6.45, 7) is 1.88. The van der Waals surface area contributed by atoms with E-state index in [4.69, 9.17) is 4.84 Å². The van der Waals surface area contributed by atoms with Crippen molar-refractivity contribution in [3.05, 3.63) is 24.4 Å². The molecular weight excluding hydrogens is 324 g/mol. The fourth-order valence-corrected chi connectivity index (χ4v) is 3.76. The van der Waals surface area contributed by atoms with Gasteiger partial charge in [-0.1, -0.05) is 23.8 Å². The molecule has 0 aromatic carbocycles. The summed E-state index contributed by atoms with van der Waals surface area (Å²) < 4.78 is 0. The van der Waals surface area contributed by atoms with Crippen LogP contribution in [0.1, 0.15) is 32.6 Å². The minimum absolute atomic E-state index is 0.0329. The molecule has 0 N–H and O–H groups in total. The Morgan fingerprint density at radius 3 is 2.73 bits per heavy atom. The highest BCUT2D eigenvalue weighted by Crippen LogP contribution is 2.34. The van der Waals surface area contributed by atoms with Gasteiger partial charge in [-0.25, -0.2) is 9.78 Å². The van der Waals surface area contributed by atoms with E-state index in [9.17, 15) is 14.4 Å². The molecule has 1 aliphatic heterocycles. The summed E-state index contributed by atoms with van der Waals surface area (Å²) in [5, 5.41) is 1.43. The molecule has 2 rings (SSSR count). The number of hydrogen-bond acceptors (Lipinski definition) is 7. The van der Waals surface area contributed by atoms with Crippen LogP contribution in [0.5, 0.6) is 0 Å². The number of nitrogens with zero attached hydrogens (tertiary/aromatic N) is 2. The number of piperidine rings is 1. The molecule has 0 bridgehead atoms. The zero-order chi connectivity index (χ0) is 15.9. The molecule has 0 spiro atoms. The molecule has 1 aromatic rings. The zero-order valence-corrected chi connectivity index (χ0v) is 13.7. The van der Waals surface area contributed by atoms with E-state index in [0.717, 1.165) is 5.03 Å². The van der Waals surface area contributed by atoms with Gasteiger partial charge in [-0.15, -0.1) is 5.06 Å². The van der Waals surface area contributed by atoms with E-state index in [1.54, 1.807) is 6.20 Å². The normalized spacial score (nSPS) is 16.5. The monoisotopic (exact) mass is 340 g/mol. The molecule has 1 unspecified atom stereocenters. The number of rotatable bonds is 6. The van der Waals surface area contributed by atoms with Crippen LogP contribution in [0.15, 0.2) is 29.4 Å². The van der Waals surface area contributed by atoms with Gasteiger partial charge < -0.3 is 4.84 Å². The predicted molar refractivity (Wildman–Crippen MR) is 83.6 cm³/mol. The standard InChI is InChI=1S/C14H16N2O4S2/c1-10(21-22-11-5-2-3-8-15-11)9-14(19)20-16-12(17)6-4-7-13(16)18/h2-3,5,8,10H,4,6-7,9H2,1H3. The Bertz CT molecular complexity index is 537. The predicted octanol–water partition coefficient (Wildman–Crippen LogP) is 2.60. The number of imide groups is 1. The molecule has 1 aliphatic rings. The van der Waals surface area contributed by atoms with E-state index in [1.807, 2.05) is 25.1 Å². The van der Waals surface area contributed by atoms with E-state index in [0.29, 0.717) is 11.5 Å². The largest absolute Gasteiger partial charge is 0.334 e. The second-order valence-corrected chi connectivity index (χ2v) is 7.42. The Morgan fingerprint density at radius 1 is 1.36 bits per heavy atom. The second-order valence-electron chi connectivity index (χ2n) is 4.76. The van der Waals surface area contributed by atoms with Crippen molar-refractivity contribution in [3.8, 4) is 0 Å². The van der Waals surface area contributed by atoms with Gasteiger partial charge in [-0.3, -0.25) is 9.59 Å². The highest BCUT2D eigenvalue weighted by Gasteiger charge is 2.30. The van der Waals surface area contributed by atoms with Crippen molar-refractivity contribution in [2.45, 2.75) is 42.9 Å². The fourth-order valence-electron chi connectivity index (χ4n) is 1.77. The van der Waals surface area contributed by atoms with Crippen LogP contribution in [-0.2, 0) is 19.2 Å². The van der Waals surface area contributed by atoms with E-state index in [1.165, 1.54) is 21.6 Å². The number of carbonyl (C=O) groups is 3. The van der Waals surface area contributed by atoms with Gasteiger partial charge in [-0.2, -0.15) is 0 Å². The van der Waals surface area contributed by atoms with E-state index in [2.05, 4.69) is 4.98 Å². The molecule has 2 heterocycles. The molecule has 1 fully saturated rings. The average Bonchev–Trinajstić information content (AvgIpc) is 2.50. The van der Waals surface area contributed by atoms with Crippen LogP contribution in [0.4, 0.5) is 0 Å². The molecule has 0 aliphatic carbocycles. The van der Waals surface area contributed by atoms with E-state index < -0.39 is 17.8 Å². The quantitative estimate of drug-likeness (QED) is 0.582. The third kappa shape index (κ3) is 5.03. The van der Waals surface area contributed by atoms with Gasteiger partial charge in [0.1, 0.15) is 5.03 Å². The third-order valence-electron chi connectivity index (χ3n) is 2.82. The number of carbonyl (C=O) groups excluding carboxylic acids is 3. The van der Waals surface area contributed by atoms with Gasteiger partial charge in [0.2, 0.25) is 0 Å². The van der Waals surface area contributed by atoms with Crippen LogP contribution in [0.25, 0.3) is 0 Å². The van der Waals surface area contributed by atoms with Crippen molar-refractivity contribution in [1.82, 2.24) is 10.0 Å². The maximum absolute atomic E-state index is 11.8. The van der Waals surface area contributed by atoms with Crippen LogP contribution >= 0.6 is 21.6 Å². The first-order valence-corrected chi connectivity index (χ1v) is 9.08. The van der Waals surface area contributed by atoms with Gasteiger partial charge >= 0.3 is 5.97 Å². The lowest BCUT2D eigenvalue weighted by molar-refractivity contribution is -0.205. The topological polar surface area (TPSA) is 76.6 Å². The van der Waals surface area contributed by atoms with Crippen molar-refractivity contribution >= 4 is 39.4 Å². The first kappa shape index (κ1) is 16.8. The first-order valence-electron chi connectivity index (χ1n) is 6.87. The minimum atomic E-state index is -0.578. The lowest BCUT2D eigenvalue weighted by atomic mass is 10.1. The van der Waals surface area contributed by atoms with Gasteiger partial charge in [0.15, 0.2) is 0 Å². The molecule has 2 amide bonds. The molecular formula is C14H16N2O4S2. The van der Waals surface area contributed by atoms with Gasteiger partial charge in [0.25, 0.3) is 11.8 Å². The molecule has 118 valence electrons. The number of pyridine rings is 1. The summed E-state index contributed by atoms with van der Waals surface area (Å²) in [6.07, 6.45) is 2.80. The van der Waals surface area contributed by atoms with Crippen LogP contribution < -0.4 is 0 Å². The smallest absolute Gasteiger partial charge is 0.330 e. The van der Waals surface area contributed by atoms with Crippen molar-refractivity contribution in [2.75, 3.05) is 0 Å². The van der Waals surface area contributed by atoms with Crippen molar-refractivity contribution in [2.24, 2.45) is 0 Å². The minimum Gasteiger partial charge on any atom is -0.330 e. The molecule has 0 saturated carbocycles. The zero-order valence-electron chi connectivity index (χ0n) is 12.1. The molecule has 1 saturated heterocycles.